The van der Waals surface area contributed by atoms with E-state index in [-0.39, 0.29) is 29.8 Å². The first kappa shape index (κ1) is 24.2. The molecule has 9 nitrogen and oxygen atoms in total. The molecule has 3 aliphatic heterocycles. The van der Waals surface area contributed by atoms with Crippen LogP contribution < -0.4 is 10.5 Å². The monoisotopic (exact) mass is 505 g/mol. The molecule has 0 amide bonds. The van der Waals surface area contributed by atoms with E-state index in [0.29, 0.717) is 44.3 Å². The first-order valence-corrected chi connectivity index (χ1v) is 11.7. The molecule has 0 saturated carbocycles. The molecule has 13 heteroatoms. The molecule has 1 aromatic carbocycles. The molecule has 2 saturated heterocycles. The predicted octanol–water partition coefficient (Wildman–Crippen LogP) is 3.80. The summed E-state index contributed by atoms with van der Waals surface area (Å²) in [5.41, 5.74) is -1.29. The minimum atomic E-state index is -4.69. The molecule has 36 heavy (non-hydrogen) atoms. The Hall–Kier alpha value is -3.53. The van der Waals surface area contributed by atoms with Gasteiger partial charge in [-0.1, -0.05) is 11.3 Å². The molecule has 0 spiro atoms. The summed E-state index contributed by atoms with van der Waals surface area (Å²) in [7, 11) is 0. The first-order valence-electron chi connectivity index (χ1n) is 11.7. The third-order valence-electron chi connectivity index (χ3n) is 6.82. The van der Waals surface area contributed by atoms with Crippen molar-refractivity contribution in [1.29, 1.82) is 5.26 Å². The maximum atomic E-state index is 13.5. The van der Waals surface area contributed by atoms with E-state index in [1.807, 2.05) is 11.0 Å². The van der Waals surface area contributed by atoms with Gasteiger partial charge >= 0.3 is 6.18 Å². The lowest BCUT2D eigenvalue weighted by atomic mass is 9.98. The summed E-state index contributed by atoms with van der Waals surface area (Å²) < 4.78 is 60.6. The topological polar surface area (TPSA) is 99.1 Å². The third-order valence-corrected chi connectivity index (χ3v) is 6.82. The van der Waals surface area contributed by atoms with Crippen molar-refractivity contribution >= 4 is 5.69 Å². The van der Waals surface area contributed by atoms with Crippen molar-refractivity contribution in [2.24, 2.45) is 10.3 Å². The van der Waals surface area contributed by atoms with Crippen LogP contribution in [0.1, 0.15) is 48.6 Å². The van der Waals surface area contributed by atoms with Gasteiger partial charge in [0.25, 0.3) is 5.56 Å². The number of nitrogens with zero attached hydrogens (tertiary/aromatic N) is 7. The molecule has 0 N–H and O–H groups in total. The number of aromatic nitrogens is 2. The van der Waals surface area contributed by atoms with Gasteiger partial charge in [-0.2, -0.15) is 33.3 Å². The number of piperidine rings is 1. The molecular formula is C23H23F4N7O2. The number of rotatable bonds is 4. The molecule has 2 fully saturated rings. The molecule has 0 aliphatic carbocycles. The van der Waals surface area contributed by atoms with Gasteiger partial charge in [0.05, 0.1) is 30.0 Å². The second-order valence-electron chi connectivity index (χ2n) is 9.06. The maximum absolute atomic E-state index is 13.5. The van der Waals surface area contributed by atoms with Crippen LogP contribution in [0.4, 0.5) is 23.2 Å². The number of hydrogen-bond donors (Lipinski definition) is 0. The van der Waals surface area contributed by atoms with Crippen LogP contribution in [-0.4, -0.2) is 46.6 Å². The standard InChI is InChI=1S/C23H23F4N7O2/c24-15-5-4-14(17(9-15)23(25,26)27)12-33-19-6-7-32(13-18(19)30-31-33)20-11-29-34(22(35)16(20)10-28)21-3-1-2-8-36-21/h4-5,9,11,18-19,21H,1-3,6-8,12-13H2. The zero-order valence-electron chi connectivity index (χ0n) is 19.2. The first-order chi connectivity index (χ1) is 17.3. The lowest BCUT2D eigenvalue weighted by Gasteiger charge is -2.37. The Morgan fingerprint density at radius 1 is 1.22 bits per heavy atom. The van der Waals surface area contributed by atoms with Gasteiger partial charge < -0.3 is 9.64 Å². The highest BCUT2D eigenvalue weighted by Crippen LogP contribution is 2.36. The molecule has 190 valence electrons. The fraction of sp³-hybridized carbons (Fsp3) is 0.522. The molecule has 3 atom stereocenters. The highest BCUT2D eigenvalue weighted by atomic mass is 19.4. The Morgan fingerprint density at radius 2 is 2.06 bits per heavy atom. The van der Waals surface area contributed by atoms with Crippen molar-refractivity contribution in [3.63, 3.8) is 0 Å². The predicted molar refractivity (Wildman–Crippen MR) is 118 cm³/mol. The summed E-state index contributed by atoms with van der Waals surface area (Å²) in [5, 5.41) is 23.8. The van der Waals surface area contributed by atoms with Crippen molar-refractivity contribution < 1.29 is 22.3 Å². The summed E-state index contributed by atoms with van der Waals surface area (Å²) in [4.78, 5) is 14.8. The number of nitriles is 1. The van der Waals surface area contributed by atoms with Crippen molar-refractivity contribution in [3.05, 3.63) is 57.3 Å². The van der Waals surface area contributed by atoms with Gasteiger partial charge in [-0.05, 0) is 43.4 Å². The molecular weight excluding hydrogens is 482 g/mol. The average Bonchev–Trinajstić information content (AvgIpc) is 3.26. The van der Waals surface area contributed by atoms with Gasteiger partial charge in [0.15, 0.2) is 6.23 Å². The fourth-order valence-corrected chi connectivity index (χ4v) is 5.00. The van der Waals surface area contributed by atoms with Gasteiger partial charge in [0.2, 0.25) is 0 Å². The Labute approximate surface area is 203 Å². The summed E-state index contributed by atoms with van der Waals surface area (Å²) >= 11 is 0. The van der Waals surface area contributed by atoms with Crippen molar-refractivity contribution in [1.82, 2.24) is 14.8 Å². The molecule has 2 aromatic rings. The Bertz CT molecular complexity index is 1270. The second-order valence-corrected chi connectivity index (χ2v) is 9.06. The van der Waals surface area contributed by atoms with Crippen LogP contribution in [0.15, 0.2) is 39.5 Å². The van der Waals surface area contributed by atoms with Gasteiger partial charge in [-0.3, -0.25) is 9.80 Å². The number of alkyl halides is 3. The summed E-state index contributed by atoms with van der Waals surface area (Å²) in [6.07, 6.45) is -0.763. The highest BCUT2D eigenvalue weighted by molar-refractivity contribution is 5.57. The van der Waals surface area contributed by atoms with Crippen LogP contribution in [0.2, 0.25) is 0 Å². The van der Waals surface area contributed by atoms with Crippen molar-refractivity contribution in [3.8, 4) is 6.07 Å². The molecule has 4 heterocycles. The molecule has 5 rings (SSSR count). The SMILES string of the molecule is N#Cc1c(N2CCC3C(C2)N=NN3Cc2ccc(F)cc2C(F)(F)F)cnn(C2CCCCO2)c1=O. The Balaban J connectivity index is 1.32. The van der Waals surface area contributed by atoms with Crippen LogP contribution >= 0.6 is 0 Å². The lowest BCUT2D eigenvalue weighted by molar-refractivity contribution is -0.138. The summed E-state index contributed by atoms with van der Waals surface area (Å²) in [6.45, 7) is 1.11. The minimum absolute atomic E-state index is 0.0365. The smallest absolute Gasteiger partial charge is 0.367 e. The Morgan fingerprint density at radius 3 is 2.78 bits per heavy atom. The van der Waals surface area contributed by atoms with Crippen molar-refractivity contribution in [2.75, 3.05) is 24.6 Å². The summed E-state index contributed by atoms with van der Waals surface area (Å²) in [6, 6.07) is 3.96. The van der Waals surface area contributed by atoms with Crippen molar-refractivity contribution in [2.45, 2.75) is 56.7 Å². The van der Waals surface area contributed by atoms with Gasteiger partial charge in [0.1, 0.15) is 23.5 Å². The lowest BCUT2D eigenvalue weighted by Crippen LogP contribution is -2.49. The van der Waals surface area contributed by atoms with E-state index < -0.39 is 29.3 Å². The number of fused-ring (bicyclic) bond motifs is 1. The number of anilines is 1. The number of hydrogen-bond acceptors (Lipinski definition) is 8. The molecule has 1 aromatic heterocycles. The van der Waals surface area contributed by atoms with E-state index in [9.17, 15) is 27.6 Å². The zero-order chi connectivity index (χ0) is 25.4. The van der Waals surface area contributed by atoms with Crippen LogP contribution in [0, 0.1) is 17.1 Å². The van der Waals surface area contributed by atoms with E-state index >= 15 is 0 Å². The minimum Gasteiger partial charge on any atom is -0.367 e. The molecule has 0 bridgehead atoms. The van der Waals surface area contributed by atoms with Crippen LogP contribution in [-0.2, 0) is 17.5 Å². The highest BCUT2D eigenvalue weighted by Gasteiger charge is 2.40. The number of benzene rings is 1. The maximum Gasteiger partial charge on any atom is 0.416 e. The summed E-state index contributed by atoms with van der Waals surface area (Å²) in [5.74, 6) is -0.959. The Kier molecular flexibility index (Phi) is 6.38. The molecule has 0 radical (unpaired) electrons. The van der Waals surface area contributed by atoms with Gasteiger partial charge in [0, 0.05) is 19.7 Å². The van der Waals surface area contributed by atoms with E-state index in [0.717, 1.165) is 25.0 Å². The van der Waals surface area contributed by atoms with E-state index in [4.69, 9.17) is 4.74 Å². The number of ether oxygens (including phenoxy) is 1. The van der Waals surface area contributed by atoms with E-state index in [1.165, 1.54) is 15.9 Å². The van der Waals surface area contributed by atoms with Crippen LogP contribution in [0.3, 0.4) is 0 Å². The molecule has 3 unspecified atom stereocenters. The fourth-order valence-electron chi connectivity index (χ4n) is 5.00. The largest absolute Gasteiger partial charge is 0.416 e. The average molecular weight is 505 g/mol. The second kappa shape index (κ2) is 9.50. The third kappa shape index (κ3) is 4.53. The quantitative estimate of drug-likeness (QED) is 0.587. The van der Waals surface area contributed by atoms with Gasteiger partial charge in [-0.15, -0.1) is 0 Å². The molecule has 3 aliphatic rings. The van der Waals surface area contributed by atoms with E-state index in [2.05, 4.69) is 15.4 Å². The number of halogens is 4. The van der Waals surface area contributed by atoms with Crippen LogP contribution in [0.5, 0.6) is 0 Å². The van der Waals surface area contributed by atoms with E-state index in [1.54, 1.807) is 0 Å². The van der Waals surface area contributed by atoms with Gasteiger partial charge in [-0.25, -0.2) is 4.39 Å². The zero-order valence-corrected chi connectivity index (χ0v) is 19.2. The normalized spacial score (nSPS) is 24.0. The van der Waals surface area contributed by atoms with Crippen LogP contribution in [0.25, 0.3) is 0 Å².